The number of nitrogens with zero attached hydrogens (tertiary/aromatic N) is 2. The van der Waals surface area contributed by atoms with E-state index in [0.29, 0.717) is 0 Å². The minimum atomic E-state index is 0.0153. The van der Waals surface area contributed by atoms with Crippen molar-refractivity contribution in [3.05, 3.63) is 36.0 Å². The molecule has 0 aliphatic rings. The van der Waals surface area contributed by atoms with Gasteiger partial charge in [0.1, 0.15) is 12.5 Å². The smallest absolute Gasteiger partial charge is 0.127 e. The Bertz CT molecular complexity index is 424. The first-order chi connectivity index (χ1) is 8.42. The van der Waals surface area contributed by atoms with Crippen molar-refractivity contribution in [1.29, 1.82) is 0 Å². The van der Waals surface area contributed by atoms with Gasteiger partial charge in [-0.05, 0) is 18.3 Å². The molecule has 4 nitrogen and oxygen atoms in total. The summed E-state index contributed by atoms with van der Waals surface area (Å²) in [4.78, 5) is 0. The highest BCUT2D eigenvalue weighted by atomic mass is 16.5. The summed E-state index contributed by atoms with van der Waals surface area (Å²) in [5, 5.41) is 7.83. The summed E-state index contributed by atoms with van der Waals surface area (Å²) in [6, 6.07) is 1.94. The van der Waals surface area contributed by atoms with Crippen LogP contribution in [-0.4, -0.2) is 10.3 Å². The zero-order valence-corrected chi connectivity index (χ0v) is 11.4. The Kier molecular flexibility index (Phi) is 3.28. The molecule has 0 aliphatic heterocycles. The highest BCUT2D eigenvalue weighted by Gasteiger charge is 2.29. The lowest BCUT2D eigenvalue weighted by Gasteiger charge is -2.29. The molecule has 0 atom stereocenters. The summed E-state index contributed by atoms with van der Waals surface area (Å²) in [6.45, 7) is 8.79. The van der Waals surface area contributed by atoms with Crippen LogP contribution in [0.5, 0.6) is 0 Å². The van der Waals surface area contributed by atoms with Gasteiger partial charge in [-0.2, -0.15) is 0 Å². The summed E-state index contributed by atoms with van der Waals surface area (Å²) in [5.41, 5.74) is 2.21. The van der Waals surface area contributed by atoms with Gasteiger partial charge in [-0.3, -0.25) is 0 Å². The highest BCUT2D eigenvalue weighted by Crippen LogP contribution is 2.35. The number of aromatic nitrogens is 2. The predicted molar refractivity (Wildman–Crippen MR) is 68.3 cm³/mol. The monoisotopic (exact) mass is 248 g/mol. The molecule has 0 spiro atoms. The Hall–Kier alpha value is -1.58. The van der Waals surface area contributed by atoms with Gasteiger partial charge < -0.3 is 9.05 Å². The van der Waals surface area contributed by atoms with Crippen LogP contribution in [0.15, 0.2) is 33.8 Å². The largest absolute Gasteiger partial charge is 0.364 e. The molecule has 4 heteroatoms. The minimum absolute atomic E-state index is 0.0153. The van der Waals surface area contributed by atoms with Crippen molar-refractivity contribution < 1.29 is 9.05 Å². The molecule has 2 aromatic rings. The number of hydrogen-bond donors (Lipinski definition) is 0. The topological polar surface area (TPSA) is 52.1 Å². The van der Waals surface area contributed by atoms with Crippen molar-refractivity contribution in [2.24, 2.45) is 0 Å². The SMILES string of the molecule is CC(C)(CCC(C)(C)c1ccon1)c1cnoc1. The summed E-state index contributed by atoms with van der Waals surface area (Å²) in [6.07, 6.45) is 7.21. The quantitative estimate of drug-likeness (QED) is 0.809. The second kappa shape index (κ2) is 4.59. The first-order valence-electron chi connectivity index (χ1n) is 6.22. The Labute approximate surface area is 107 Å². The molecule has 0 radical (unpaired) electrons. The van der Waals surface area contributed by atoms with E-state index in [2.05, 4.69) is 38.0 Å². The van der Waals surface area contributed by atoms with Crippen LogP contribution in [-0.2, 0) is 10.8 Å². The fourth-order valence-corrected chi connectivity index (χ4v) is 2.00. The van der Waals surface area contributed by atoms with Gasteiger partial charge in [0, 0.05) is 17.0 Å². The second-order valence-electron chi connectivity index (χ2n) is 6.07. The molecule has 0 aromatic carbocycles. The lowest BCUT2D eigenvalue weighted by Crippen LogP contribution is -2.24. The van der Waals surface area contributed by atoms with Crippen LogP contribution in [0.3, 0.4) is 0 Å². The summed E-state index contributed by atoms with van der Waals surface area (Å²) < 4.78 is 9.86. The molecule has 2 rings (SSSR count). The molecule has 0 amide bonds. The molecule has 0 unspecified atom stereocenters. The first kappa shape index (κ1) is 12.9. The van der Waals surface area contributed by atoms with Gasteiger partial charge in [0.15, 0.2) is 0 Å². The fourth-order valence-electron chi connectivity index (χ4n) is 2.00. The van der Waals surface area contributed by atoms with E-state index < -0.39 is 0 Å². The van der Waals surface area contributed by atoms with Gasteiger partial charge in [-0.25, -0.2) is 0 Å². The maximum atomic E-state index is 4.93. The molecule has 0 saturated carbocycles. The molecule has 2 aromatic heterocycles. The number of rotatable bonds is 5. The molecule has 0 N–H and O–H groups in total. The summed E-state index contributed by atoms with van der Waals surface area (Å²) in [5.74, 6) is 0. The molecule has 0 aliphatic carbocycles. The van der Waals surface area contributed by atoms with E-state index in [-0.39, 0.29) is 10.8 Å². The molecular weight excluding hydrogens is 228 g/mol. The van der Waals surface area contributed by atoms with E-state index >= 15 is 0 Å². The van der Waals surface area contributed by atoms with Gasteiger partial charge >= 0.3 is 0 Å². The summed E-state index contributed by atoms with van der Waals surface area (Å²) >= 11 is 0. The number of hydrogen-bond acceptors (Lipinski definition) is 4. The maximum absolute atomic E-state index is 4.93. The van der Waals surface area contributed by atoms with Gasteiger partial charge in [0.05, 0.1) is 11.9 Å². The lowest BCUT2D eigenvalue weighted by molar-refractivity contribution is 0.340. The van der Waals surface area contributed by atoms with Crippen molar-refractivity contribution in [2.45, 2.75) is 51.4 Å². The highest BCUT2D eigenvalue weighted by molar-refractivity contribution is 5.16. The van der Waals surface area contributed by atoms with Crippen molar-refractivity contribution in [3.8, 4) is 0 Å². The predicted octanol–water partition coefficient (Wildman–Crippen LogP) is 3.70. The van der Waals surface area contributed by atoms with E-state index in [9.17, 15) is 0 Å². The third-order valence-corrected chi connectivity index (χ3v) is 3.72. The van der Waals surface area contributed by atoms with E-state index in [1.54, 1.807) is 18.7 Å². The molecule has 98 valence electrons. The van der Waals surface area contributed by atoms with Crippen LogP contribution >= 0.6 is 0 Å². The standard InChI is InChI=1S/C14H20N2O2/c1-13(2,11-9-15-18-10-11)6-7-14(3,4)12-5-8-17-16-12/h5,8-10H,6-7H2,1-4H3. The molecule has 0 fully saturated rings. The van der Waals surface area contributed by atoms with Gasteiger partial charge in [0.25, 0.3) is 0 Å². The fraction of sp³-hybridized carbons (Fsp3) is 0.571. The van der Waals surface area contributed by atoms with Crippen molar-refractivity contribution in [1.82, 2.24) is 10.3 Å². The molecule has 2 heterocycles. The van der Waals surface area contributed by atoms with Gasteiger partial charge in [-0.15, -0.1) is 0 Å². The van der Waals surface area contributed by atoms with Crippen LogP contribution < -0.4 is 0 Å². The zero-order valence-electron chi connectivity index (χ0n) is 11.4. The van der Waals surface area contributed by atoms with Crippen LogP contribution in [0.1, 0.15) is 51.8 Å². The van der Waals surface area contributed by atoms with Gasteiger partial charge in [0.2, 0.25) is 0 Å². The van der Waals surface area contributed by atoms with Crippen LogP contribution in [0.25, 0.3) is 0 Å². The maximum Gasteiger partial charge on any atom is 0.127 e. The molecule has 0 saturated heterocycles. The van der Waals surface area contributed by atoms with Crippen molar-refractivity contribution in [2.75, 3.05) is 0 Å². The Morgan fingerprint density at radius 2 is 1.78 bits per heavy atom. The van der Waals surface area contributed by atoms with E-state index in [1.807, 2.05) is 6.07 Å². The normalized spacial score (nSPS) is 12.9. The third kappa shape index (κ3) is 2.63. The molecular formula is C14H20N2O2. The Morgan fingerprint density at radius 3 is 2.33 bits per heavy atom. The van der Waals surface area contributed by atoms with Gasteiger partial charge in [-0.1, -0.05) is 38.0 Å². The van der Waals surface area contributed by atoms with Crippen molar-refractivity contribution >= 4 is 0 Å². The average molecular weight is 248 g/mol. The van der Waals surface area contributed by atoms with E-state index in [4.69, 9.17) is 9.05 Å². The average Bonchev–Trinajstić information content (AvgIpc) is 2.99. The first-order valence-corrected chi connectivity index (χ1v) is 6.22. The summed E-state index contributed by atoms with van der Waals surface area (Å²) in [7, 11) is 0. The van der Waals surface area contributed by atoms with Crippen LogP contribution in [0, 0.1) is 0 Å². The molecule has 18 heavy (non-hydrogen) atoms. The Morgan fingerprint density at radius 1 is 1.06 bits per heavy atom. The Balaban J connectivity index is 2.03. The van der Waals surface area contributed by atoms with Crippen LogP contribution in [0.2, 0.25) is 0 Å². The zero-order chi connectivity index (χ0) is 13.2. The van der Waals surface area contributed by atoms with E-state index in [1.165, 1.54) is 0 Å². The van der Waals surface area contributed by atoms with Crippen molar-refractivity contribution in [3.63, 3.8) is 0 Å². The van der Waals surface area contributed by atoms with Crippen LogP contribution in [0.4, 0.5) is 0 Å². The van der Waals surface area contributed by atoms with E-state index in [0.717, 1.165) is 24.1 Å². The minimum Gasteiger partial charge on any atom is -0.364 e. The second-order valence-corrected chi connectivity index (χ2v) is 6.07. The molecule has 0 bridgehead atoms. The lowest BCUT2D eigenvalue weighted by atomic mass is 9.75. The third-order valence-electron chi connectivity index (χ3n) is 3.72.